The standard InChI is InChI=1S/C12H11Cl2F3N2/c13-8-5-10(14)9-1-3-19(11(9)6-8)4-2-18-7-12(15,16)17/h1,3,5-6,18H,2,4,7H2. The second-order valence-electron chi connectivity index (χ2n) is 4.12. The average molecular weight is 311 g/mol. The number of rotatable bonds is 4. The summed E-state index contributed by atoms with van der Waals surface area (Å²) in [5, 5.41) is 4.21. The van der Waals surface area contributed by atoms with E-state index < -0.39 is 12.7 Å². The maximum Gasteiger partial charge on any atom is 0.401 e. The van der Waals surface area contributed by atoms with Gasteiger partial charge in [0.15, 0.2) is 0 Å². The van der Waals surface area contributed by atoms with Crippen molar-refractivity contribution in [2.75, 3.05) is 13.1 Å². The minimum absolute atomic E-state index is 0.216. The number of benzene rings is 1. The molecule has 0 bridgehead atoms. The maximum atomic E-state index is 12.0. The highest BCUT2D eigenvalue weighted by molar-refractivity contribution is 6.38. The lowest BCUT2D eigenvalue weighted by molar-refractivity contribution is -0.124. The second-order valence-corrected chi connectivity index (χ2v) is 4.97. The summed E-state index contributed by atoms with van der Waals surface area (Å²) in [7, 11) is 0. The van der Waals surface area contributed by atoms with Crippen molar-refractivity contribution in [3.05, 3.63) is 34.4 Å². The molecule has 0 radical (unpaired) electrons. The average Bonchev–Trinajstić information content (AvgIpc) is 2.66. The van der Waals surface area contributed by atoms with E-state index in [1.807, 2.05) is 10.6 Å². The molecule has 2 aromatic rings. The predicted octanol–water partition coefficient (Wildman–Crippen LogP) is 4.10. The van der Waals surface area contributed by atoms with Crippen LogP contribution in [-0.4, -0.2) is 23.8 Å². The SMILES string of the molecule is FC(F)(F)CNCCn1ccc2c(Cl)cc(Cl)cc21. The molecule has 1 N–H and O–H groups in total. The molecule has 1 heterocycles. The maximum absolute atomic E-state index is 12.0. The molecule has 0 atom stereocenters. The third-order valence-corrected chi connectivity index (χ3v) is 3.19. The van der Waals surface area contributed by atoms with Crippen molar-refractivity contribution in [3.63, 3.8) is 0 Å². The molecular weight excluding hydrogens is 300 g/mol. The monoisotopic (exact) mass is 310 g/mol. The summed E-state index contributed by atoms with van der Waals surface area (Å²) in [6.45, 7) is -0.364. The van der Waals surface area contributed by atoms with Crippen LogP contribution in [0.3, 0.4) is 0 Å². The molecule has 0 unspecified atom stereocenters. The topological polar surface area (TPSA) is 17.0 Å². The molecule has 1 aromatic heterocycles. The molecule has 2 nitrogen and oxygen atoms in total. The van der Waals surface area contributed by atoms with Crippen molar-refractivity contribution >= 4 is 34.1 Å². The highest BCUT2D eigenvalue weighted by Crippen LogP contribution is 2.28. The van der Waals surface area contributed by atoms with Crippen molar-refractivity contribution in [2.45, 2.75) is 12.7 Å². The smallest absolute Gasteiger partial charge is 0.346 e. The van der Waals surface area contributed by atoms with Crippen LogP contribution in [0.15, 0.2) is 24.4 Å². The van der Waals surface area contributed by atoms with Crippen LogP contribution < -0.4 is 5.32 Å². The molecule has 0 saturated heterocycles. The molecule has 0 saturated carbocycles. The van der Waals surface area contributed by atoms with Gasteiger partial charge in [0.1, 0.15) is 0 Å². The first-order valence-electron chi connectivity index (χ1n) is 5.58. The number of aromatic nitrogens is 1. The van der Waals surface area contributed by atoms with Gasteiger partial charge in [0, 0.05) is 29.7 Å². The molecule has 2 rings (SSSR count). The number of hydrogen-bond donors (Lipinski definition) is 1. The summed E-state index contributed by atoms with van der Waals surface area (Å²) in [4.78, 5) is 0. The minimum Gasteiger partial charge on any atom is -0.346 e. The fraction of sp³-hybridized carbons (Fsp3) is 0.333. The van der Waals surface area contributed by atoms with Crippen LogP contribution in [-0.2, 0) is 6.54 Å². The van der Waals surface area contributed by atoms with Gasteiger partial charge in [-0.3, -0.25) is 0 Å². The van der Waals surface area contributed by atoms with Crippen LogP contribution in [0.5, 0.6) is 0 Å². The number of halogens is 5. The van der Waals surface area contributed by atoms with E-state index in [-0.39, 0.29) is 6.54 Å². The Kier molecular flexibility index (Phi) is 4.28. The Hall–Kier alpha value is -0.910. The first-order valence-corrected chi connectivity index (χ1v) is 6.34. The summed E-state index contributed by atoms with van der Waals surface area (Å²) in [6.07, 6.45) is -2.41. The molecule has 0 aliphatic heterocycles. The number of nitrogens with zero attached hydrogens (tertiary/aromatic N) is 1. The largest absolute Gasteiger partial charge is 0.401 e. The van der Waals surface area contributed by atoms with E-state index in [0.29, 0.717) is 16.6 Å². The predicted molar refractivity (Wildman–Crippen MR) is 70.9 cm³/mol. The number of hydrogen-bond acceptors (Lipinski definition) is 1. The first-order chi connectivity index (χ1) is 8.87. The van der Waals surface area contributed by atoms with E-state index in [4.69, 9.17) is 23.2 Å². The van der Waals surface area contributed by atoms with E-state index >= 15 is 0 Å². The molecular formula is C12H11Cl2F3N2. The second kappa shape index (κ2) is 5.61. The molecule has 0 aliphatic carbocycles. The van der Waals surface area contributed by atoms with Crippen LogP contribution in [0, 0.1) is 0 Å². The fourth-order valence-corrected chi connectivity index (χ4v) is 2.39. The van der Waals surface area contributed by atoms with Gasteiger partial charge in [-0.25, -0.2) is 0 Å². The van der Waals surface area contributed by atoms with Gasteiger partial charge in [0.2, 0.25) is 0 Å². The molecule has 19 heavy (non-hydrogen) atoms. The first kappa shape index (κ1) is 14.5. The lowest BCUT2D eigenvalue weighted by Gasteiger charge is -2.10. The van der Waals surface area contributed by atoms with Crippen LogP contribution in [0.2, 0.25) is 10.0 Å². The van der Waals surface area contributed by atoms with Crippen LogP contribution in [0.25, 0.3) is 10.9 Å². The quantitative estimate of drug-likeness (QED) is 0.841. The van der Waals surface area contributed by atoms with Crippen molar-refractivity contribution < 1.29 is 13.2 Å². The third kappa shape index (κ3) is 3.78. The fourth-order valence-electron chi connectivity index (χ4n) is 1.84. The van der Waals surface area contributed by atoms with E-state index in [9.17, 15) is 13.2 Å². The lowest BCUT2D eigenvalue weighted by atomic mass is 10.2. The van der Waals surface area contributed by atoms with Gasteiger partial charge >= 0.3 is 6.18 Å². The van der Waals surface area contributed by atoms with Crippen molar-refractivity contribution in [1.82, 2.24) is 9.88 Å². The van der Waals surface area contributed by atoms with E-state index in [0.717, 1.165) is 10.9 Å². The normalized spacial score (nSPS) is 12.3. The third-order valence-electron chi connectivity index (χ3n) is 2.66. The van der Waals surface area contributed by atoms with E-state index in [1.54, 1.807) is 18.3 Å². The molecule has 0 aliphatic rings. The van der Waals surface area contributed by atoms with Crippen molar-refractivity contribution in [2.24, 2.45) is 0 Å². The number of fused-ring (bicyclic) bond motifs is 1. The Morgan fingerprint density at radius 3 is 2.63 bits per heavy atom. The summed E-state index contributed by atoms with van der Waals surface area (Å²) < 4.78 is 37.7. The van der Waals surface area contributed by atoms with Gasteiger partial charge in [0.05, 0.1) is 17.1 Å². The van der Waals surface area contributed by atoms with Crippen LogP contribution >= 0.6 is 23.2 Å². The highest BCUT2D eigenvalue weighted by atomic mass is 35.5. The van der Waals surface area contributed by atoms with E-state index in [2.05, 4.69) is 5.32 Å². The van der Waals surface area contributed by atoms with E-state index in [1.165, 1.54) is 0 Å². The Labute approximate surface area is 118 Å². The zero-order valence-electron chi connectivity index (χ0n) is 9.77. The minimum atomic E-state index is -4.19. The van der Waals surface area contributed by atoms with Gasteiger partial charge in [0.25, 0.3) is 0 Å². The summed E-state index contributed by atoms with van der Waals surface area (Å²) >= 11 is 11.9. The Bertz CT molecular complexity index is 578. The summed E-state index contributed by atoms with van der Waals surface area (Å²) in [5.74, 6) is 0. The zero-order valence-corrected chi connectivity index (χ0v) is 11.3. The Morgan fingerprint density at radius 1 is 1.21 bits per heavy atom. The lowest BCUT2D eigenvalue weighted by Crippen LogP contribution is -2.31. The van der Waals surface area contributed by atoms with Gasteiger partial charge in [-0.15, -0.1) is 0 Å². The number of alkyl halides is 3. The zero-order chi connectivity index (χ0) is 14.0. The summed E-state index contributed by atoms with van der Waals surface area (Å²) in [5.41, 5.74) is 0.811. The van der Waals surface area contributed by atoms with Crippen LogP contribution in [0.1, 0.15) is 0 Å². The molecule has 0 fully saturated rings. The highest BCUT2D eigenvalue weighted by Gasteiger charge is 2.25. The summed E-state index contributed by atoms with van der Waals surface area (Å²) in [6, 6.07) is 5.20. The van der Waals surface area contributed by atoms with Gasteiger partial charge in [-0.1, -0.05) is 23.2 Å². The van der Waals surface area contributed by atoms with Crippen LogP contribution in [0.4, 0.5) is 13.2 Å². The molecule has 0 amide bonds. The van der Waals surface area contributed by atoms with Crippen molar-refractivity contribution in [1.29, 1.82) is 0 Å². The number of nitrogens with one attached hydrogen (secondary N) is 1. The molecule has 1 aromatic carbocycles. The molecule has 104 valence electrons. The Balaban J connectivity index is 2.05. The van der Waals surface area contributed by atoms with Gasteiger partial charge in [-0.2, -0.15) is 13.2 Å². The molecule has 0 spiro atoms. The van der Waals surface area contributed by atoms with Gasteiger partial charge < -0.3 is 9.88 Å². The Morgan fingerprint density at radius 2 is 1.95 bits per heavy atom. The van der Waals surface area contributed by atoms with Crippen molar-refractivity contribution in [3.8, 4) is 0 Å². The molecule has 7 heteroatoms. The van der Waals surface area contributed by atoms with Gasteiger partial charge in [-0.05, 0) is 18.2 Å².